The monoisotopic (exact) mass is 196 g/mol. The zero-order chi connectivity index (χ0) is 10.4. The molecule has 0 radical (unpaired) electrons. The second-order valence-corrected chi connectivity index (χ2v) is 5.45. The largest absolute Gasteiger partial charge is 0.0654 e. The molecule has 0 aromatic carbocycles. The van der Waals surface area contributed by atoms with Crippen molar-refractivity contribution in [2.45, 2.75) is 72.1 Å². The molecule has 1 unspecified atom stereocenters. The quantitative estimate of drug-likeness (QED) is 0.523. The van der Waals surface area contributed by atoms with Crippen LogP contribution in [0.3, 0.4) is 0 Å². The summed E-state index contributed by atoms with van der Waals surface area (Å²) in [6.45, 7) is 7.16. The van der Waals surface area contributed by atoms with Crippen LogP contribution in [0.15, 0.2) is 0 Å². The first kappa shape index (κ1) is 12.1. The summed E-state index contributed by atoms with van der Waals surface area (Å²) in [5, 5.41) is 0. The molecule has 1 saturated carbocycles. The van der Waals surface area contributed by atoms with Gasteiger partial charge < -0.3 is 0 Å². The Hall–Kier alpha value is 0. The summed E-state index contributed by atoms with van der Waals surface area (Å²) in [4.78, 5) is 0. The van der Waals surface area contributed by atoms with E-state index in [4.69, 9.17) is 0 Å². The van der Waals surface area contributed by atoms with E-state index in [0.29, 0.717) is 0 Å². The van der Waals surface area contributed by atoms with Crippen molar-refractivity contribution in [3.05, 3.63) is 0 Å². The SMILES string of the molecule is CCCCCC(C(C)C)C1CCCC1. The van der Waals surface area contributed by atoms with Crippen molar-refractivity contribution in [1.29, 1.82) is 0 Å². The molecule has 1 atom stereocenters. The van der Waals surface area contributed by atoms with E-state index in [1.165, 1.54) is 51.4 Å². The van der Waals surface area contributed by atoms with E-state index < -0.39 is 0 Å². The predicted octanol–water partition coefficient (Wildman–Crippen LogP) is 5.03. The highest BCUT2D eigenvalue weighted by Crippen LogP contribution is 2.37. The molecule has 0 N–H and O–H groups in total. The molecule has 1 aliphatic rings. The molecule has 1 rings (SSSR count). The smallest absolute Gasteiger partial charge is 0.0363 e. The molecular weight excluding hydrogens is 168 g/mol. The third-order valence-electron chi connectivity index (χ3n) is 4.00. The average molecular weight is 196 g/mol. The lowest BCUT2D eigenvalue weighted by molar-refractivity contribution is 0.234. The highest BCUT2D eigenvalue weighted by atomic mass is 14.3. The Balaban J connectivity index is 2.30. The third-order valence-corrected chi connectivity index (χ3v) is 4.00. The van der Waals surface area contributed by atoms with Crippen LogP contribution >= 0.6 is 0 Å². The minimum atomic E-state index is 0.912. The summed E-state index contributed by atoms with van der Waals surface area (Å²) in [6, 6.07) is 0. The Morgan fingerprint density at radius 1 is 1.07 bits per heavy atom. The van der Waals surface area contributed by atoms with Crippen molar-refractivity contribution in [2.24, 2.45) is 17.8 Å². The molecule has 0 aliphatic heterocycles. The minimum Gasteiger partial charge on any atom is -0.0654 e. The molecule has 0 aromatic heterocycles. The van der Waals surface area contributed by atoms with Gasteiger partial charge in [0, 0.05) is 0 Å². The standard InChI is InChI=1S/C14H28/c1-4-5-6-11-14(12(2)3)13-9-7-8-10-13/h12-14H,4-11H2,1-3H3. The predicted molar refractivity (Wildman–Crippen MR) is 64.4 cm³/mol. The fourth-order valence-electron chi connectivity index (χ4n) is 3.13. The summed E-state index contributed by atoms with van der Waals surface area (Å²) in [5.41, 5.74) is 0. The van der Waals surface area contributed by atoms with Gasteiger partial charge in [-0.25, -0.2) is 0 Å². The Morgan fingerprint density at radius 3 is 2.21 bits per heavy atom. The summed E-state index contributed by atoms with van der Waals surface area (Å²) >= 11 is 0. The van der Waals surface area contributed by atoms with E-state index >= 15 is 0 Å². The lowest BCUT2D eigenvalue weighted by Crippen LogP contribution is -2.17. The van der Waals surface area contributed by atoms with Crippen molar-refractivity contribution in [2.75, 3.05) is 0 Å². The number of unbranched alkanes of at least 4 members (excludes halogenated alkanes) is 2. The molecule has 0 spiro atoms. The van der Waals surface area contributed by atoms with E-state index in [1.807, 2.05) is 0 Å². The maximum absolute atomic E-state index is 2.43. The van der Waals surface area contributed by atoms with Crippen LogP contribution in [-0.2, 0) is 0 Å². The summed E-state index contributed by atoms with van der Waals surface area (Å²) < 4.78 is 0. The Morgan fingerprint density at radius 2 is 1.71 bits per heavy atom. The molecule has 14 heavy (non-hydrogen) atoms. The van der Waals surface area contributed by atoms with Gasteiger partial charge in [0.05, 0.1) is 0 Å². The fraction of sp³-hybridized carbons (Fsp3) is 1.00. The van der Waals surface area contributed by atoms with Crippen molar-refractivity contribution in [3.8, 4) is 0 Å². The van der Waals surface area contributed by atoms with E-state index in [1.54, 1.807) is 0 Å². The van der Waals surface area contributed by atoms with Gasteiger partial charge >= 0.3 is 0 Å². The Labute approximate surface area is 90.5 Å². The highest BCUT2D eigenvalue weighted by Gasteiger charge is 2.26. The molecule has 0 heterocycles. The van der Waals surface area contributed by atoms with Crippen LogP contribution in [0.25, 0.3) is 0 Å². The van der Waals surface area contributed by atoms with Gasteiger partial charge in [0.2, 0.25) is 0 Å². The molecule has 1 fully saturated rings. The first-order valence-corrected chi connectivity index (χ1v) is 6.75. The average Bonchev–Trinajstić information content (AvgIpc) is 2.64. The molecular formula is C14H28. The summed E-state index contributed by atoms with van der Waals surface area (Å²) in [5.74, 6) is 3.02. The maximum Gasteiger partial charge on any atom is -0.0363 e. The second-order valence-electron chi connectivity index (χ2n) is 5.45. The fourth-order valence-corrected chi connectivity index (χ4v) is 3.13. The van der Waals surface area contributed by atoms with Crippen LogP contribution in [0.1, 0.15) is 72.1 Å². The van der Waals surface area contributed by atoms with Gasteiger partial charge in [-0.2, -0.15) is 0 Å². The number of rotatable bonds is 6. The van der Waals surface area contributed by atoms with Crippen LogP contribution < -0.4 is 0 Å². The van der Waals surface area contributed by atoms with Crippen molar-refractivity contribution in [1.82, 2.24) is 0 Å². The lowest BCUT2D eigenvalue weighted by Gasteiger charge is -2.27. The van der Waals surface area contributed by atoms with Crippen molar-refractivity contribution >= 4 is 0 Å². The van der Waals surface area contributed by atoms with Crippen LogP contribution in [-0.4, -0.2) is 0 Å². The normalized spacial score (nSPS) is 20.6. The maximum atomic E-state index is 2.43. The summed E-state index contributed by atoms with van der Waals surface area (Å²) in [7, 11) is 0. The Bertz CT molecular complexity index is 131. The van der Waals surface area contributed by atoms with Gasteiger partial charge in [0.25, 0.3) is 0 Å². The van der Waals surface area contributed by atoms with Gasteiger partial charge in [-0.05, 0) is 24.2 Å². The zero-order valence-electron chi connectivity index (χ0n) is 10.4. The van der Waals surface area contributed by atoms with Crippen LogP contribution in [0.4, 0.5) is 0 Å². The molecule has 0 heteroatoms. The van der Waals surface area contributed by atoms with E-state index in [2.05, 4.69) is 20.8 Å². The van der Waals surface area contributed by atoms with Gasteiger partial charge in [-0.15, -0.1) is 0 Å². The lowest BCUT2D eigenvalue weighted by atomic mass is 9.79. The topological polar surface area (TPSA) is 0 Å². The molecule has 0 nitrogen and oxygen atoms in total. The summed E-state index contributed by atoms with van der Waals surface area (Å²) in [6.07, 6.45) is 11.8. The number of hydrogen-bond donors (Lipinski definition) is 0. The second kappa shape index (κ2) is 6.48. The van der Waals surface area contributed by atoms with Gasteiger partial charge in [-0.1, -0.05) is 65.7 Å². The van der Waals surface area contributed by atoms with Gasteiger partial charge in [0.15, 0.2) is 0 Å². The van der Waals surface area contributed by atoms with Gasteiger partial charge in [-0.3, -0.25) is 0 Å². The van der Waals surface area contributed by atoms with Crippen LogP contribution in [0, 0.1) is 17.8 Å². The molecule has 0 aromatic rings. The Kier molecular flexibility index (Phi) is 5.59. The highest BCUT2D eigenvalue weighted by molar-refractivity contribution is 4.77. The van der Waals surface area contributed by atoms with Gasteiger partial charge in [0.1, 0.15) is 0 Å². The molecule has 84 valence electrons. The third kappa shape index (κ3) is 3.63. The van der Waals surface area contributed by atoms with Crippen molar-refractivity contribution in [3.63, 3.8) is 0 Å². The van der Waals surface area contributed by atoms with Crippen LogP contribution in [0.5, 0.6) is 0 Å². The molecule has 0 saturated heterocycles. The van der Waals surface area contributed by atoms with E-state index in [9.17, 15) is 0 Å². The van der Waals surface area contributed by atoms with Crippen LogP contribution in [0.2, 0.25) is 0 Å². The van der Waals surface area contributed by atoms with E-state index in [-0.39, 0.29) is 0 Å². The number of hydrogen-bond acceptors (Lipinski definition) is 0. The molecule has 0 bridgehead atoms. The van der Waals surface area contributed by atoms with E-state index in [0.717, 1.165) is 17.8 Å². The minimum absolute atomic E-state index is 0.912. The first-order valence-electron chi connectivity index (χ1n) is 6.75. The van der Waals surface area contributed by atoms with Crippen molar-refractivity contribution < 1.29 is 0 Å². The zero-order valence-corrected chi connectivity index (χ0v) is 10.4. The molecule has 1 aliphatic carbocycles. The molecule has 0 amide bonds. The first-order chi connectivity index (χ1) is 6.75.